The van der Waals surface area contributed by atoms with Crippen LogP contribution in [0.25, 0.3) is 0 Å². The minimum Gasteiger partial charge on any atom is -0.345 e. The van der Waals surface area contributed by atoms with Gasteiger partial charge in [0.25, 0.3) is 0 Å². The van der Waals surface area contributed by atoms with Gasteiger partial charge in [0, 0.05) is 0 Å². The summed E-state index contributed by atoms with van der Waals surface area (Å²) < 4.78 is 0. The summed E-state index contributed by atoms with van der Waals surface area (Å²) in [6.45, 7) is 0.878. The van der Waals surface area contributed by atoms with Crippen molar-refractivity contribution in [2.45, 2.75) is 31.3 Å². The Morgan fingerprint density at radius 3 is 2.83 bits per heavy atom. The molecule has 0 saturated carbocycles. The molecule has 0 aromatic heterocycles. The third-order valence-electron chi connectivity index (χ3n) is 3.17. The lowest BCUT2D eigenvalue weighted by molar-refractivity contribution is -0.125. The molecule has 1 fully saturated rings. The van der Waals surface area contributed by atoms with Crippen LogP contribution in [-0.4, -0.2) is 30.8 Å². The van der Waals surface area contributed by atoms with Gasteiger partial charge >= 0.3 is 0 Å². The molecule has 2 unspecified atom stereocenters. The van der Waals surface area contributed by atoms with Crippen LogP contribution in [-0.2, 0) is 16.0 Å². The molecule has 1 aliphatic rings. The highest BCUT2D eigenvalue weighted by Gasteiger charge is 2.23. The lowest BCUT2D eigenvalue weighted by atomic mass is 10.1. The highest BCUT2D eigenvalue weighted by molar-refractivity contribution is 5.84. The molecule has 4 nitrogen and oxygen atoms in total. The van der Waals surface area contributed by atoms with Gasteiger partial charge in [0.05, 0.1) is 12.1 Å². The van der Waals surface area contributed by atoms with E-state index in [1.54, 1.807) is 0 Å². The van der Waals surface area contributed by atoms with Gasteiger partial charge in [0.2, 0.25) is 5.91 Å². The Labute approximate surface area is 107 Å². The standard InChI is InChI=1S/C14H18N2O2/c17-10-12(9-11-5-2-1-3-6-11)16-14(18)13-7-4-8-15-13/h1-3,5-6,10,12-13,15H,4,7-9H2,(H,16,18). The van der Waals surface area contributed by atoms with Crippen molar-refractivity contribution in [3.63, 3.8) is 0 Å². The van der Waals surface area contributed by atoms with E-state index in [0.717, 1.165) is 31.2 Å². The quantitative estimate of drug-likeness (QED) is 0.751. The maximum atomic E-state index is 11.9. The molecular formula is C14H18N2O2. The molecule has 2 N–H and O–H groups in total. The largest absolute Gasteiger partial charge is 0.345 e. The summed E-state index contributed by atoms with van der Waals surface area (Å²) in [6, 6.07) is 9.12. The zero-order valence-corrected chi connectivity index (χ0v) is 10.3. The van der Waals surface area contributed by atoms with Crippen LogP contribution in [0.15, 0.2) is 30.3 Å². The van der Waals surface area contributed by atoms with Gasteiger partial charge in [-0.2, -0.15) is 0 Å². The van der Waals surface area contributed by atoms with E-state index in [4.69, 9.17) is 0 Å². The molecule has 1 aromatic rings. The SMILES string of the molecule is O=CC(Cc1ccccc1)NC(=O)C1CCCN1. The van der Waals surface area contributed by atoms with Crippen molar-refractivity contribution in [3.05, 3.63) is 35.9 Å². The minimum atomic E-state index is -0.442. The molecule has 0 bridgehead atoms. The first-order valence-corrected chi connectivity index (χ1v) is 6.32. The van der Waals surface area contributed by atoms with Crippen LogP contribution >= 0.6 is 0 Å². The molecule has 0 aliphatic carbocycles. The van der Waals surface area contributed by atoms with Crippen molar-refractivity contribution in [1.29, 1.82) is 0 Å². The van der Waals surface area contributed by atoms with Gasteiger partial charge in [-0.1, -0.05) is 30.3 Å². The van der Waals surface area contributed by atoms with Crippen molar-refractivity contribution in [1.82, 2.24) is 10.6 Å². The maximum Gasteiger partial charge on any atom is 0.237 e. The first-order valence-electron chi connectivity index (χ1n) is 6.32. The van der Waals surface area contributed by atoms with Gasteiger partial charge in [-0.15, -0.1) is 0 Å². The zero-order valence-electron chi connectivity index (χ0n) is 10.3. The smallest absolute Gasteiger partial charge is 0.237 e. The lowest BCUT2D eigenvalue weighted by Crippen LogP contribution is -2.46. The second kappa shape index (κ2) is 6.31. The van der Waals surface area contributed by atoms with Crippen LogP contribution in [0.2, 0.25) is 0 Å². The van der Waals surface area contributed by atoms with E-state index in [1.165, 1.54) is 0 Å². The van der Waals surface area contributed by atoms with Crippen LogP contribution in [0.5, 0.6) is 0 Å². The molecule has 96 valence electrons. The molecular weight excluding hydrogens is 228 g/mol. The van der Waals surface area contributed by atoms with Crippen molar-refractivity contribution < 1.29 is 9.59 Å². The molecule has 4 heteroatoms. The van der Waals surface area contributed by atoms with Crippen LogP contribution in [0, 0.1) is 0 Å². The predicted octanol–water partition coefficient (Wildman–Crippen LogP) is 0.665. The van der Waals surface area contributed by atoms with Crippen LogP contribution in [0.1, 0.15) is 18.4 Å². The first-order chi connectivity index (χ1) is 8.79. The van der Waals surface area contributed by atoms with Crippen molar-refractivity contribution in [3.8, 4) is 0 Å². The number of aldehydes is 1. The highest BCUT2D eigenvalue weighted by atomic mass is 16.2. The number of hydrogen-bond donors (Lipinski definition) is 2. The molecule has 1 aromatic carbocycles. The number of amides is 1. The Bertz CT molecular complexity index is 400. The van der Waals surface area contributed by atoms with Crippen molar-refractivity contribution in [2.24, 2.45) is 0 Å². The van der Waals surface area contributed by atoms with E-state index in [9.17, 15) is 9.59 Å². The molecule has 1 aliphatic heterocycles. The lowest BCUT2D eigenvalue weighted by Gasteiger charge is -2.16. The van der Waals surface area contributed by atoms with Crippen molar-refractivity contribution in [2.75, 3.05) is 6.54 Å². The van der Waals surface area contributed by atoms with Crippen LogP contribution < -0.4 is 10.6 Å². The fourth-order valence-electron chi connectivity index (χ4n) is 2.19. The van der Waals surface area contributed by atoms with Gasteiger partial charge in [0.15, 0.2) is 0 Å². The molecule has 2 atom stereocenters. The maximum absolute atomic E-state index is 11.9. The van der Waals surface area contributed by atoms with E-state index >= 15 is 0 Å². The number of carbonyl (C=O) groups is 2. The monoisotopic (exact) mass is 246 g/mol. The Kier molecular flexibility index (Phi) is 4.47. The molecule has 0 spiro atoms. The van der Waals surface area contributed by atoms with E-state index < -0.39 is 6.04 Å². The molecule has 18 heavy (non-hydrogen) atoms. The Morgan fingerprint density at radius 1 is 1.44 bits per heavy atom. The third kappa shape index (κ3) is 3.40. The van der Waals surface area contributed by atoms with Gasteiger partial charge in [-0.05, 0) is 31.4 Å². The number of nitrogens with one attached hydrogen (secondary N) is 2. The Morgan fingerprint density at radius 2 is 2.22 bits per heavy atom. The third-order valence-corrected chi connectivity index (χ3v) is 3.17. The van der Waals surface area contributed by atoms with Gasteiger partial charge in [-0.25, -0.2) is 0 Å². The molecule has 1 heterocycles. The topological polar surface area (TPSA) is 58.2 Å². The molecule has 1 amide bonds. The number of hydrogen-bond acceptors (Lipinski definition) is 3. The normalized spacial score (nSPS) is 20.3. The minimum absolute atomic E-state index is 0.0690. The summed E-state index contributed by atoms with van der Waals surface area (Å²) in [7, 11) is 0. The summed E-state index contributed by atoms with van der Waals surface area (Å²) in [6.07, 6.45) is 3.22. The fourth-order valence-corrected chi connectivity index (χ4v) is 2.19. The van der Waals surface area contributed by atoms with E-state index in [0.29, 0.717) is 6.42 Å². The Balaban J connectivity index is 1.89. The van der Waals surface area contributed by atoms with Gasteiger partial charge in [0.1, 0.15) is 6.29 Å². The Hall–Kier alpha value is -1.68. The number of carbonyl (C=O) groups excluding carboxylic acids is 2. The summed E-state index contributed by atoms with van der Waals surface area (Å²) in [5.41, 5.74) is 1.05. The van der Waals surface area contributed by atoms with Crippen LogP contribution in [0.4, 0.5) is 0 Å². The molecule has 2 rings (SSSR count). The summed E-state index contributed by atoms with van der Waals surface area (Å²) in [5, 5.41) is 5.91. The number of benzene rings is 1. The average Bonchev–Trinajstić information content (AvgIpc) is 2.93. The summed E-state index contributed by atoms with van der Waals surface area (Å²) in [4.78, 5) is 22.9. The summed E-state index contributed by atoms with van der Waals surface area (Å²) >= 11 is 0. The van der Waals surface area contributed by atoms with E-state index in [1.807, 2.05) is 30.3 Å². The highest BCUT2D eigenvalue weighted by Crippen LogP contribution is 2.06. The van der Waals surface area contributed by atoms with E-state index in [2.05, 4.69) is 10.6 Å². The fraction of sp³-hybridized carbons (Fsp3) is 0.429. The second-order valence-electron chi connectivity index (χ2n) is 4.59. The molecule has 1 saturated heterocycles. The van der Waals surface area contributed by atoms with Crippen molar-refractivity contribution >= 4 is 12.2 Å². The van der Waals surface area contributed by atoms with Crippen LogP contribution in [0.3, 0.4) is 0 Å². The summed E-state index contributed by atoms with van der Waals surface area (Å²) in [5.74, 6) is -0.0690. The molecule has 0 radical (unpaired) electrons. The number of rotatable bonds is 5. The van der Waals surface area contributed by atoms with Gasteiger partial charge in [-0.3, -0.25) is 4.79 Å². The second-order valence-corrected chi connectivity index (χ2v) is 4.59. The first kappa shape index (κ1) is 12.8. The van der Waals surface area contributed by atoms with Gasteiger partial charge < -0.3 is 15.4 Å². The average molecular weight is 246 g/mol. The zero-order chi connectivity index (χ0) is 12.8. The predicted molar refractivity (Wildman–Crippen MR) is 69.2 cm³/mol. The van der Waals surface area contributed by atoms with E-state index in [-0.39, 0.29) is 11.9 Å².